The van der Waals surface area contributed by atoms with Crippen molar-refractivity contribution in [2.24, 2.45) is 10.1 Å². The monoisotopic (exact) mass is 454 g/mol. The maximum atomic E-state index is 10.6. The van der Waals surface area contributed by atoms with Gasteiger partial charge in [0.15, 0.2) is 5.88 Å². The molecule has 4 rings (SSSR count). The van der Waals surface area contributed by atoms with E-state index in [1.807, 2.05) is 42.5 Å². The Hall–Kier alpha value is -2.64. The van der Waals surface area contributed by atoms with E-state index in [1.165, 1.54) is 0 Å². The molecule has 3 aromatic rings. The molecule has 150 valence electrons. The highest BCUT2D eigenvalue weighted by molar-refractivity contribution is 9.10. The number of nitrogens with one attached hydrogen (secondary N) is 1. The van der Waals surface area contributed by atoms with Crippen LogP contribution in [0, 0.1) is 0 Å². The lowest BCUT2D eigenvalue weighted by Gasteiger charge is -2.16. The lowest BCUT2D eigenvalue weighted by molar-refractivity contribution is 0.115. The van der Waals surface area contributed by atoms with Gasteiger partial charge in [0.25, 0.3) is 0 Å². The van der Waals surface area contributed by atoms with Crippen molar-refractivity contribution in [2.45, 2.75) is 13.8 Å². The summed E-state index contributed by atoms with van der Waals surface area (Å²) in [5.41, 5.74) is 4.42. The second-order valence-electron chi connectivity index (χ2n) is 6.82. The van der Waals surface area contributed by atoms with E-state index in [9.17, 15) is 5.11 Å². The van der Waals surface area contributed by atoms with Gasteiger partial charge < -0.3 is 19.8 Å². The number of nitrogens with zero attached hydrogens (tertiary/aromatic N) is 3. The lowest BCUT2D eigenvalue weighted by atomic mass is 10.0. The first-order chi connectivity index (χ1) is 14.1. The molecule has 0 saturated heterocycles. The summed E-state index contributed by atoms with van der Waals surface area (Å²) in [6.45, 7) is 7.51. The molecule has 0 unspecified atom stereocenters. The Morgan fingerprint density at radius 3 is 2.76 bits per heavy atom. The highest BCUT2D eigenvalue weighted by Gasteiger charge is 2.29. The predicted molar refractivity (Wildman–Crippen MR) is 121 cm³/mol. The van der Waals surface area contributed by atoms with Crippen molar-refractivity contribution in [1.29, 1.82) is 0 Å². The van der Waals surface area contributed by atoms with E-state index in [-0.39, 0.29) is 5.88 Å². The number of aromatic nitrogens is 1. The molecule has 7 heteroatoms. The first-order valence-corrected chi connectivity index (χ1v) is 10.5. The molecule has 1 aliphatic rings. The summed E-state index contributed by atoms with van der Waals surface area (Å²) in [5, 5.41) is 15.9. The summed E-state index contributed by atoms with van der Waals surface area (Å²) < 4.78 is 0.926. The van der Waals surface area contributed by atoms with Crippen molar-refractivity contribution in [3.8, 4) is 5.88 Å². The molecule has 0 aliphatic carbocycles. The van der Waals surface area contributed by atoms with Gasteiger partial charge in [0.05, 0.1) is 11.3 Å². The quantitative estimate of drug-likeness (QED) is 0.396. The number of aromatic amines is 1. The minimum absolute atomic E-state index is 0.0699. The maximum absolute atomic E-state index is 10.6. The van der Waals surface area contributed by atoms with Crippen LogP contribution < -0.4 is 0 Å². The number of halogens is 1. The van der Waals surface area contributed by atoms with Gasteiger partial charge in [0.2, 0.25) is 0 Å². The highest BCUT2D eigenvalue weighted by atomic mass is 79.9. The molecule has 1 aromatic heterocycles. The van der Waals surface area contributed by atoms with Crippen molar-refractivity contribution in [2.75, 3.05) is 26.2 Å². The predicted octanol–water partition coefficient (Wildman–Crippen LogP) is 4.83. The summed E-state index contributed by atoms with van der Waals surface area (Å²) in [4.78, 5) is 15.7. The van der Waals surface area contributed by atoms with Crippen molar-refractivity contribution < 1.29 is 9.94 Å². The molecule has 0 fully saturated rings. The molecule has 0 amide bonds. The van der Waals surface area contributed by atoms with Gasteiger partial charge in [0, 0.05) is 27.5 Å². The van der Waals surface area contributed by atoms with E-state index in [0.717, 1.165) is 46.3 Å². The average Bonchev–Trinajstić information content (AvgIpc) is 3.24. The van der Waals surface area contributed by atoms with E-state index in [4.69, 9.17) is 9.83 Å². The van der Waals surface area contributed by atoms with Crippen LogP contribution >= 0.6 is 15.9 Å². The number of benzene rings is 2. The third-order valence-electron chi connectivity index (χ3n) is 5.14. The first kappa shape index (κ1) is 19.7. The molecule has 1 aliphatic heterocycles. The molecule has 2 heterocycles. The Balaban J connectivity index is 1.72. The minimum atomic E-state index is 0.0699. The van der Waals surface area contributed by atoms with Crippen LogP contribution in [0.1, 0.15) is 25.0 Å². The highest BCUT2D eigenvalue weighted by Crippen LogP contribution is 2.36. The normalized spacial score (nSPS) is 14.6. The number of aromatic hydroxyl groups is 1. The van der Waals surface area contributed by atoms with Gasteiger partial charge in [-0.05, 0) is 37.4 Å². The SMILES string of the molecule is CCN(CC)CCO/N=C1/C(c2c(O)[nH]c3ccc(Br)cc23)=Nc2ccccc21. The van der Waals surface area contributed by atoms with Gasteiger partial charge >= 0.3 is 0 Å². The average molecular weight is 455 g/mol. The van der Waals surface area contributed by atoms with Gasteiger partial charge in [-0.15, -0.1) is 0 Å². The summed E-state index contributed by atoms with van der Waals surface area (Å²) in [5.74, 6) is 0.0699. The zero-order valence-electron chi connectivity index (χ0n) is 16.4. The standard InChI is InChI=1S/C22H23BrN4O2/c1-3-27(4-2)11-12-29-26-20-15-7-5-6-8-17(15)24-21(20)19-16-13-14(23)9-10-18(16)25-22(19)28/h5-10,13,25,28H,3-4,11-12H2,1-2H3/b26-20+. The molecular weight excluding hydrogens is 432 g/mol. The second-order valence-corrected chi connectivity index (χ2v) is 7.73. The number of likely N-dealkylation sites (N-methyl/N-ethyl adjacent to an activating group) is 1. The fourth-order valence-electron chi connectivity index (χ4n) is 3.55. The van der Waals surface area contributed by atoms with E-state index in [1.54, 1.807) is 0 Å². The van der Waals surface area contributed by atoms with Crippen molar-refractivity contribution >= 4 is 43.9 Å². The number of hydrogen-bond donors (Lipinski definition) is 2. The van der Waals surface area contributed by atoms with Crippen LogP contribution in [-0.2, 0) is 4.84 Å². The molecule has 2 aromatic carbocycles. The minimum Gasteiger partial charge on any atom is -0.494 e. The van der Waals surface area contributed by atoms with Crippen LogP contribution in [0.2, 0.25) is 0 Å². The maximum Gasteiger partial charge on any atom is 0.199 e. The number of para-hydroxylation sites is 1. The molecule has 2 N–H and O–H groups in total. The van der Waals surface area contributed by atoms with Crippen LogP contribution in [0.25, 0.3) is 10.9 Å². The summed E-state index contributed by atoms with van der Waals surface area (Å²) >= 11 is 3.51. The number of hydrogen-bond acceptors (Lipinski definition) is 5. The van der Waals surface area contributed by atoms with Crippen molar-refractivity contribution in [1.82, 2.24) is 9.88 Å². The zero-order chi connectivity index (χ0) is 20.4. The summed E-state index contributed by atoms with van der Waals surface area (Å²) in [7, 11) is 0. The Bertz CT molecular complexity index is 1100. The topological polar surface area (TPSA) is 73.2 Å². The van der Waals surface area contributed by atoms with Crippen LogP contribution in [0.5, 0.6) is 5.88 Å². The van der Waals surface area contributed by atoms with Crippen LogP contribution in [0.3, 0.4) is 0 Å². The Labute approximate surface area is 178 Å². The Morgan fingerprint density at radius 1 is 1.17 bits per heavy atom. The van der Waals surface area contributed by atoms with E-state index in [2.05, 4.69) is 44.8 Å². The van der Waals surface area contributed by atoms with E-state index < -0.39 is 0 Å². The summed E-state index contributed by atoms with van der Waals surface area (Å²) in [6.07, 6.45) is 0. The van der Waals surface area contributed by atoms with E-state index in [0.29, 0.717) is 23.6 Å². The number of rotatable bonds is 7. The van der Waals surface area contributed by atoms with E-state index >= 15 is 0 Å². The Kier molecular flexibility index (Phi) is 5.69. The third kappa shape index (κ3) is 3.80. The molecule has 29 heavy (non-hydrogen) atoms. The van der Waals surface area contributed by atoms with Crippen molar-refractivity contribution in [3.05, 3.63) is 58.1 Å². The smallest absolute Gasteiger partial charge is 0.199 e. The molecule has 0 atom stereocenters. The molecule has 0 bridgehead atoms. The van der Waals surface area contributed by atoms with Crippen LogP contribution in [0.4, 0.5) is 5.69 Å². The van der Waals surface area contributed by atoms with Gasteiger partial charge in [-0.3, -0.25) is 0 Å². The Morgan fingerprint density at radius 2 is 1.97 bits per heavy atom. The summed E-state index contributed by atoms with van der Waals surface area (Å²) in [6, 6.07) is 13.6. The lowest BCUT2D eigenvalue weighted by Crippen LogP contribution is -2.26. The third-order valence-corrected chi connectivity index (χ3v) is 5.64. The zero-order valence-corrected chi connectivity index (χ0v) is 18.0. The van der Waals surface area contributed by atoms with Gasteiger partial charge in [-0.2, -0.15) is 0 Å². The fraction of sp³-hybridized carbons (Fsp3) is 0.273. The fourth-order valence-corrected chi connectivity index (χ4v) is 3.91. The molecular formula is C22H23BrN4O2. The molecule has 0 saturated carbocycles. The second kappa shape index (κ2) is 8.39. The van der Waals surface area contributed by atoms with Gasteiger partial charge in [0.1, 0.15) is 18.0 Å². The number of aliphatic imine (C=N–C) groups is 1. The first-order valence-electron chi connectivity index (χ1n) is 9.73. The number of fused-ring (bicyclic) bond motifs is 2. The van der Waals surface area contributed by atoms with Crippen LogP contribution in [0.15, 0.2) is 57.1 Å². The van der Waals surface area contributed by atoms with Crippen LogP contribution in [-0.4, -0.2) is 52.7 Å². The molecule has 0 spiro atoms. The molecule has 6 nitrogen and oxygen atoms in total. The van der Waals surface area contributed by atoms with Crippen molar-refractivity contribution in [3.63, 3.8) is 0 Å². The van der Waals surface area contributed by atoms with Gasteiger partial charge in [-0.1, -0.05) is 53.1 Å². The molecule has 0 radical (unpaired) electrons. The van der Waals surface area contributed by atoms with Gasteiger partial charge in [-0.25, -0.2) is 4.99 Å². The number of H-pyrrole nitrogens is 1. The number of oxime groups is 1. The largest absolute Gasteiger partial charge is 0.494 e.